The van der Waals surface area contributed by atoms with E-state index in [2.05, 4.69) is 12.1 Å². The van der Waals surface area contributed by atoms with Crippen LogP contribution in [-0.4, -0.2) is 64.0 Å². The van der Waals surface area contributed by atoms with E-state index in [0.29, 0.717) is 12.3 Å². The zero-order valence-corrected chi connectivity index (χ0v) is 15.4. The fourth-order valence-corrected chi connectivity index (χ4v) is 5.48. The number of carboxylic acid groups (broad SMARTS) is 1. The van der Waals surface area contributed by atoms with Crippen molar-refractivity contribution in [2.75, 3.05) is 30.0 Å². The number of nitrogens with zero attached hydrogens (tertiary/aromatic N) is 2. The highest BCUT2D eigenvalue weighted by Crippen LogP contribution is 2.41. The number of rotatable bonds is 3. The summed E-state index contributed by atoms with van der Waals surface area (Å²) < 4.78 is 17.0. The van der Waals surface area contributed by atoms with Crippen LogP contribution in [0, 0.1) is 0 Å². The third-order valence-corrected chi connectivity index (χ3v) is 7.02. The lowest BCUT2D eigenvalue weighted by Crippen LogP contribution is -2.41. The van der Waals surface area contributed by atoms with E-state index >= 15 is 0 Å². The van der Waals surface area contributed by atoms with Crippen molar-refractivity contribution < 1.29 is 24.0 Å². The molecule has 7 nitrogen and oxygen atoms in total. The minimum atomic E-state index is -1.04. The van der Waals surface area contributed by atoms with Gasteiger partial charge in [-0.3, -0.25) is 4.90 Å². The van der Waals surface area contributed by atoms with Gasteiger partial charge in [-0.2, -0.15) is 0 Å². The molecule has 1 aromatic carbocycles. The molecule has 3 aliphatic heterocycles. The topological polar surface area (TPSA) is 93.1 Å². The van der Waals surface area contributed by atoms with Crippen LogP contribution in [0.15, 0.2) is 18.2 Å². The first-order valence-electron chi connectivity index (χ1n) is 8.85. The van der Waals surface area contributed by atoms with E-state index in [1.165, 1.54) is 12.6 Å². The van der Waals surface area contributed by atoms with Gasteiger partial charge in [0.2, 0.25) is 0 Å². The molecule has 0 bridgehead atoms. The Balaban J connectivity index is 1.53. The average Bonchev–Trinajstić information content (AvgIpc) is 3.13. The monoisotopic (exact) mass is 378 g/mol. The molecule has 1 N–H and O–H groups in total. The van der Waals surface area contributed by atoms with Crippen molar-refractivity contribution in [3.63, 3.8) is 0 Å². The van der Waals surface area contributed by atoms with Crippen LogP contribution in [0.2, 0.25) is 0 Å². The fraction of sp³-hybridized carbons (Fsp3) is 0.556. The van der Waals surface area contributed by atoms with Crippen LogP contribution in [-0.2, 0) is 22.3 Å². The van der Waals surface area contributed by atoms with Gasteiger partial charge in [-0.15, -0.1) is 0 Å². The van der Waals surface area contributed by atoms with Gasteiger partial charge in [0.15, 0.2) is 0 Å². The first-order valence-corrected chi connectivity index (χ1v) is 10.3. The van der Waals surface area contributed by atoms with E-state index in [1.807, 2.05) is 6.07 Å². The Kier molecular flexibility index (Phi) is 4.48. The molecular formula is C18H22N2O5S. The molecule has 1 aromatic rings. The maximum absolute atomic E-state index is 12.3. The van der Waals surface area contributed by atoms with E-state index in [-0.39, 0.29) is 12.6 Å². The maximum Gasteiger partial charge on any atom is 0.415 e. The number of hydrogen-bond donors (Lipinski definition) is 1. The summed E-state index contributed by atoms with van der Waals surface area (Å²) in [6.45, 7) is 0.164. The molecule has 140 valence electrons. The van der Waals surface area contributed by atoms with Crippen molar-refractivity contribution in [1.29, 1.82) is 0 Å². The number of carbonyl (C=O) groups excluding carboxylic acids is 1. The molecule has 0 saturated carbocycles. The Morgan fingerprint density at radius 1 is 1.42 bits per heavy atom. The van der Waals surface area contributed by atoms with Gasteiger partial charge in [0.25, 0.3) is 0 Å². The van der Waals surface area contributed by atoms with Gasteiger partial charge in [0.1, 0.15) is 17.6 Å². The summed E-state index contributed by atoms with van der Waals surface area (Å²) in [6.07, 6.45) is 0.646. The molecule has 8 heteroatoms. The van der Waals surface area contributed by atoms with Gasteiger partial charge in [-0.25, -0.2) is 9.59 Å². The zero-order valence-electron chi connectivity index (χ0n) is 14.6. The highest BCUT2D eigenvalue weighted by atomic mass is 32.2. The first kappa shape index (κ1) is 17.5. The highest BCUT2D eigenvalue weighted by molar-refractivity contribution is 7.91. The molecule has 2 atom stereocenters. The van der Waals surface area contributed by atoms with E-state index in [0.717, 1.165) is 40.5 Å². The predicted molar refractivity (Wildman–Crippen MR) is 97.2 cm³/mol. The number of fused-ring (bicyclic) bond motifs is 3. The lowest BCUT2D eigenvalue weighted by Gasteiger charge is -2.25. The summed E-state index contributed by atoms with van der Waals surface area (Å²) >= 11 is -0.679. The molecule has 0 aromatic heterocycles. The first-order chi connectivity index (χ1) is 12.4. The third-order valence-electron chi connectivity index (χ3n) is 5.64. The Hall–Kier alpha value is -1.93. The van der Waals surface area contributed by atoms with E-state index in [1.54, 1.807) is 4.90 Å². The van der Waals surface area contributed by atoms with Gasteiger partial charge in [0, 0.05) is 7.05 Å². The number of cyclic esters (lactones) is 1. The number of ether oxygens (including phenoxy) is 1. The number of carbonyl (C=O) groups is 2. The summed E-state index contributed by atoms with van der Waals surface area (Å²) in [5.41, 5.74) is 3.22. The molecule has 26 heavy (non-hydrogen) atoms. The number of benzene rings is 1. The fourth-order valence-electron chi connectivity index (χ4n) is 4.18. The largest absolute Gasteiger partial charge is 0.616 e. The van der Waals surface area contributed by atoms with Crippen molar-refractivity contribution in [2.24, 2.45) is 0 Å². The molecule has 4 rings (SSSR count). The highest BCUT2D eigenvalue weighted by Gasteiger charge is 2.48. The van der Waals surface area contributed by atoms with Crippen LogP contribution in [0.3, 0.4) is 0 Å². The molecule has 0 unspecified atom stereocenters. The second-order valence-corrected chi connectivity index (χ2v) is 8.93. The Labute approximate surface area is 155 Å². The smallest absolute Gasteiger partial charge is 0.415 e. The molecular weight excluding hydrogens is 356 g/mol. The van der Waals surface area contributed by atoms with Crippen LogP contribution in [0.4, 0.5) is 15.3 Å². The van der Waals surface area contributed by atoms with Crippen molar-refractivity contribution in [2.45, 2.75) is 37.3 Å². The third kappa shape index (κ3) is 3.01. The zero-order chi connectivity index (χ0) is 18.4. The molecule has 2 saturated heterocycles. The Bertz CT molecular complexity index is 734. The number of likely N-dealkylation sites (N-methyl/N-ethyl adjacent to an activating group) is 1. The van der Waals surface area contributed by atoms with Gasteiger partial charge in [0.05, 0.1) is 18.3 Å². The Morgan fingerprint density at radius 3 is 2.85 bits per heavy atom. The number of anilines is 1. The Morgan fingerprint density at radius 2 is 2.15 bits per heavy atom. The lowest BCUT2D eigenvalue weighted by atomic mass is 9.91. The summed E-state index contributed by atoms with van der Waals surface area (Å²) in [4.78, 5) is 26.2. The van der Waals surface area contributed by atoms with Gasteiger partial charge in [-0.1, -0.05) is 23.3 Å². The summed E-state index contributed by atoms with van der Waals surface area (Å²) in [5.74, 6) is 1.94. The molecule has 0 aliphatic carbocycles. The van der Waals surface area contributed by atoms with Gasteiger partial charge < -0.3 is 19.3 Å². The second-order valence-electron chi connectivity index (χ2n) is 7.24. The molecule has 2 amide bonds. The molecule has 0 spiro atoms. The maximum atomic E-state index is 12.3. The van der Waals surface area contributed by atoms with Crippen LogP contribution in [0.25, 0.3) is 0 Å². The van der Waals surface area contributed by atoms with Crippen LogP contribution < -0.4 is 4.90 Å². The van der Waals surface area contributed by atoms with Gasteiger partial charge in [-0.05, 0) is 42.4 Å². The predicted octanol–water partition coefficient (Wildman–Crippen LogP) is 2.17. The molecule has 0 radical (unpaired) electrons. The average molecular weight is 378 g/mol. The quantitative estimate of drug-likeness (QED) is 0.814. The normalized spacial score (nSPS) is 29.9. The number of hydrogen-bond acceptors (Lipinski definition) is 4. The van der Waals surface area contributed by atoms with Crippen molar-refractivity contribution in [1.82, 2.24) is 4.90 Å². The lowest BCUT2D eigenvalue weighted by molar-refractivity contribution is 0.0961. The summed E-state index contributed by atoms with van der Waals surface area (Å²) in [5, 5.41) is 9.07. The standard InChI is InChI=1S/C18H22N2O5S/c1-19(17(21)22)10-16-15-9-13-8-12(11-4-6-26(24)7-5-11)2-3-14(13)20(15)18(23)25-16/h2-3,8,11,15-16H,4-7,9-10H2,1H3,(H,21,22)/t11?,15-,16-,26?/m0/s1. The summed E-state index contributed by atoms with van der Waals surface area (Å²) in [6, 6.07) is 6.04. The second kappa shape index (κ2) is 6.66. The molecule has 3 aliphatic rings. The summed E-state index contributed by atoms with van der Waals surface area (Å²) in [7, 11) is 1.48. The van der Waals surface area contributed by atoms with Crippen LogP contribution in [0.1, 0.15) is 29.9 Å². The SMILES string of the molecule is CN(C[C@@H]1OC(=O)N2c3ccc(C4CC[S+]([O-])CC4)cc3C[C@@H]12)C(=O)O. The van der Waals surface area contributed by atoms with E-state index in [9.17, 15) is 14.1 Å². The van der Waals surface area contributed by atoms with Crippen molar-refractivity contribution >= 4 is 29.0 Å². The minimum Gasteiger partial charge on any atom is -0.616 e. The minimum absolute atomic E-state index is 0.159. The van der Waals surface area contributed by atoms with Crippen LogP contribution in [0.5, 0.6) is 0 Å². The van der Waals surface area contributed by atoms with Crippen LogP contribution >= 0.6 is 0 Å². The van der Waals surface area contributed by atoms with Crippen molar-refractivity contribution in [3.05, 3.63) is 29.3 Å². The molecule has 2 fully saturated rings. The van der Waals surface area contributed by atoms with E-state index < -0.39 is 29.5 Å². The number of amides is 2. The van der Waals surface area contributed by atoms with E-state index in [4.69, 9.17) is 9.84 Å². The molecule has 3 heterocycles. The van der Waals surface area contributed by atoms with Gasteiger partial charge >= 0.3 is 12.2 Å². The van der Waals surface area contributed by atoms with Crippen molar-refractivity contribution in [3.8, 4) is 0 Å².